The molecule has 0 bridgehead atoms. The van der Waals surface area contributed by atoms with Gasteiger partial charge in [0.2, 0.25) is 0 Å². The second kappa shape index (κ2) is 14.1. The van der Waals surface area contributed by atoms with Gasteiger partial charge in [0.25, 0.3) is 0 Å². The average molecular weight is 428 g/mol. The highest BCUT2D eigenvalue weighted by Gasteiger charge is 2.21. The Morgan fingerprint density at radius 1 is 0.833 bits per heavy atom. The van der Waals surface area contributed by atoms with Gasteiger partial charge in [-0.2, -0.15) is 0 Å². The molecule has 1 aromatic rings. The summed E-state index contributed by atoms with van der Waals surface area (Å²) in [5, 5.41) is 0. The Labute approximate surface area is 170 Å². The number of carbonyl (C=O) groups is 3. The summed E-state index contributed by atoms with van der Waals surface area (Å²) < 4.78 is 34.9. The Morgan fingerprint density at radius 3 is 1.77 bits per heavy atom. The third-order valence-corrected chi connectivity index (χ3v) is 2.95. The van der Waals surface area contributed by atoms with Gasteiger partial charge < -0.3 is 37.3 Å². The van der Waals surface area contributed by atoms with E-state index in [4.69, 9.17) is 0 Å². The summed E-state index contributed by atoms with van der Waals surface area (Å²) >= 11 is 0. The maximum Gasteiger partial charge on any atom is 0.518 e. The number of carbonyl (C=O) groups excluding carboxylic acids is 3. The van der Waals surface area contributed by atoms with Crippen molar-refractivity contribution in [3.63, 3.8) is 0 Å². The van der Waals surface area contributed by atoms with Crippen LogP contribution in [0.3, 0.4) is 0 Å². The molecule has 1 aromatic heterocycles. The third kappa shape index (κ3) is 11.0. The fourth-order valence-electron chi connectivity index (χ4n) is 1.59. The third-order valence-electron chi connectivity index (χ3n) is 2.95. The van der Waals surface area contributed by atoms with Crippen molar-refractivity contribution in [2.45, 2.75) is 18.6 Å². The SMILES string of the molecule is C=CC1CCOC(=O)O1.C=CC1COC(=O)O1.O=C1OC=CCO1.O=c1occo1. The minimum Gasteiger partial charge on any atom is -0.434 e. The summed E-state index contributed by atoms with van der Waals surface area (Å²) in [7, 11) is 0. The van der Waals surface area contributed by atoms with E-state index in [9.17, 15) is 19.2 Å². The van der Waals surface area contributed by atoms with Crippen molar-refractivity contribution in [1.29, 1.82) is 0 Å². The molecular weight excluding hydrogens is 408 g/mol. The van der Waals surface area contributed by atoms with Crippen LogP contribution < -0.4 is 5.82 Å². The smallest absolute Gasteiger partial charge is 0.434 e. The first-order valence-corrected chi connectivity index (χ1v) is 8.37. The van der Waals surface area contributed by atoms with Crippen molar-refractivity contribution in [2.24, 2.45) is 0 Å². The summed E-state index contributed by atoms with van der Waals surface area (Å²) in [6, 6.07) is 0. The average Bonchev–Trinajstić information content (AvgIpc) is 3.40. The fourth-order valence-corrected chi connectivity index (χ4v) is 1.59. The predicted molar refractivity (Wildman–Crippen MR) is 96.3 cm³/mol. The van der Waals surface area contributed by atoms with Crippen molar-refractivity contribution in [3.05, 3.63) is 60.8 Å². The van der Waals surface area contributed by atoms with Gasteiger partial charge in [-0.3, -0.25) is 0 Å². The van der Waals surface area contributed by atoms with Crippen LogP contribution in [-0.2, 0) is 28.4 Å². The molecule has 2 unspecified atom stereocenters. The molecule has 3 aliphatic heterocycles. The summed E-state index contributed by atoms with van der Waals surface area (Å²) in [4.78, 5) is 40.2. The molecule has 2 atom stereocenters. The Balaban J connectivity index is 0.000000202. The summed E-state index contributed by atoms with van der Waals surface area (Å²) in [6.45, 7) is 7.99. The molecule has 0 aromatic carbocycles. The summed E-state index contributed by atoms with van der Waals surface area (Å²) in [6.07, 6.45) is 6.94. The highest BCUT2D eigenvalue weighted by molar-refractivity contribution is 5.62. The van der Waals surface area contributed by atoms with Gasteiger partial charge in [0.1, 0.15) is 31.8 Å². The Morgan fingerprint density at radius 2 is 1.47 bits per heavy atom. The molecular formula is C18H20O12. The van der Waals surface area contributed by atoms with Crippen LogP contribution in [0.1, 0.15) is 6.42 Å². The molecule has 0 radical (unpaired) electrons. The quantitative estimate of drug-likeness (QED) is 0.387. The van der Waals surface area contributed by atoms with Gasteiger partial charge in [-0.1, -0.05) is 19.2 Å². The number of ether oxygens (including phenoxy) is 6. The molecule has 4 heterocycles. The van der Waals surface area contributed by atoms with Crippen LogP contribution in [0.25, 0.3) is 0 Å². The molecule has 12 nitrogen and oxygen atoms in total. The molecule has 0 saturated carbocycles. The van der Waals surface area contributed by atoms with E-state index in [-0.39, 0.29) is 12.2 Å². The maximum atomic E-state index is 10.3. The lowest BCUT2D eigenvalue weighted by molar-refractivity contribution is -0.00554. The van der Waals surface area contributed by atoms with Crippen molar-refractivity contribution < 1.29 is 51.6 Å². The van der Waals surface area contributed by atoms with Gasteiger partial charge in [0.05, 0.1) is 12.9 Å². The predicted octanol–water partition coefficient (Wildman–Crippen LogP) is 2.71. The zero-order valence-electron chi connectivity index (χ0n) is 15.8. The van der Waals surface area contributed by atoms with Crippen LogP contribution in [0.2, 0.25) is 0 Å². The zero-order valence-corrected chi connectivity index (χ0v) is 15.8. The van der Waals surface area contributed by atoms with E-state index < -0.39 is 24.3 Å². The lowest BCUT2D eigenvalue weighted by atomic mass is 10.2. The highest BCUT2D eigenvalue weighted by atomic mass is 16.8. The normalized spacial score (nSPS) is 20.9. The molecule has 164 valence electrons. The van der Waals surface area contributed by atoms with Gasteiger partial charge in [-0.15, -0.1) is 0 Å². The number of hydrogen-bond donors (Lipinski definition) is 0. The Bertz CT molecular complexity index is 757. The Kier molecular flexibility index (Phi) is 11.3. The molecule has 12 heteroatoms. The molecule has 0 amide bonds. The number of hydrogen-bond acceptors (Lipinski definition) is 12. The zero-order chi connectivity index (χ0) is 22.2. The van der Waals surface area contributed by atoms with Gasteiger partial charge in [0, 0.05) is 6.42 Å². The van der Waals surface area contributed by atoms with E-state index in [1.54, 1.807) is 12.2 Å². The lowest BCUT2D eigenvalue weighted by Crippen LogP contribution is -2.25. The van der Waals surface area contributed by atoms with Gasteiger partial charge in [0.15, 0.2) is 6.10 Å². The molecule has 30 heavy (non-hydrogen) atoms. The lowest BCUT2D eigenvalue weighted by Gasteiger charge is -2.18. The number of cyclic esters (lactones) is 6. The molecule has 3 aliphatic rings. The van der Waals surface area contributed by atoms with Crippen LogP contribution in [0, 0.1) is 0 Å². The largest absolute Gasteiger partial charge is 0.518 e. The van der Waals surface area contributed by atoms with Gasteiger partial charge in [-0.05, 0) is 12.2 Å². The second-order valence-corrected chi connectivity index (χ2v) is 5.04. The van der Waals surface area contributed by atoms with Crippen molar-refractivity contribution in [3.8, 4) is 0 Å². The van der Waals surface area contributed by atoms with Crippen LogP contribution in [0.15, 0.2) is 63.8 Å². The van der Waals surface area contributed by atoms with E-state index in [0.29, 0.717) is 19.8 Å². The van der Waals surface area contributed by atoms with E-state index in [2.05, 4.69) is 50.4 Å². The minimum atomic E-state index is -0.657. The van der Waals surface area contributed by atoms with Crippen molar-refractivity contribution in [2.75, 3.05) is 19.8 Å². The first kappa shape index (κ1) is 24.1. The molecule has 4 rings (SSSR count). The van der Waals surface area contributed by atoms with Crippen LogP contribution in [-0.4, -0.2) is 50.5 Å². The van der Waals surface area contributed by atoms with Crippen molar-refractivity contribution >= 4 is 18.5 Å². The molecule has 0 spiro atoms. The summed E-state index contributed by atoms with van der Waals surface area (Å²) in [5.41, 5.74) is 0. The standard InChI is InChI=1S/C6H8O3.C5H6O3.C4H4O3.C3H2O3/c1-2-5-3-4-8-6(7)9-5;1-2-4-3-7-5(6)8-4;5-4-6-2-1-3-7-4;4-3-5-1-2-6-3/h2,5H,1,3-4H2;2,4H,1,3H2;1-2H,3H2;1-2H. The van der Waals surface area contributed by atoms with Gasteiger partial charge >= 0.3 is 24.3 Å². The van der Waals surface area contributed by atoms with Gasteiger partial charge in [-0.25, -0.2) is 19.2 Å². The van der Waals surface area contributed by atoms with Crippen LogP contribution >= 0.6 is 0 Å². The molecule has 2 saturated heterocycles. The van der Waals surface area contributed by atoms with E-state index >= 15 is 0 Å². The second-order valence-electron chi connectivity index (χ2n) is 5.04. The van der Waals surface area contributed by atoms with E-state index in [1.165, 1.54) is 24.9 Å². The highest BCUT2D eigenvalue weighted by Crippen LogP contribution is 2.08. The first-order valence-electron chi connectivity index (χ1n) is 8.37. The van der Waals surface area contributed by atoms with Crippen molar-refractivity contribution in [1.82, 2.24) is 0 Å². The number of rotatable bonds is 2. The van der Waals surface area contributed by atoms with Crippen LogP contribution in [0.4, 0.5) is 14.4 Å². The molecule has 0 N–H and O–H groups in total. The minimum absolute atomic E-state index is 0.147. The van der Waals surface area contributed by atoms with E-state index in [1.807, 2.05) is 0 Å². The van der Waals surface area contributed by atoms with E-state index in [0.717, 1.165) is 6.42 Å². The fraction of sp³-hybridized carbons (Fsp3) is 0.333. The van der Waals surface area contributed by atoms with Crippen LogP contribution in [0.5, 0.6) is 0 Å². The summed E-state index contributed by atoms with van der Waals surface area (Å²) in [5.74, 6) is -0.657. The monoisotopic (exact) mass is 428 g/mol. The topological polar surface area (TPSA) is 150 Å². The molecule has 2 fully saturated rings. The first-order chi connectivity index (χ1) is 14.4. The Hall–Kier alpha value is -3.96. The molecule has 0 aliphatic carbocycles. The maximum absolute atomic E-state index is 10.3.